The first kappa shape index (κ1) is 11.0. The average molecular weight is 184 g/mol. The van der Waals surface area contributed by atoms with Gasteiger partial charge in [-0.05, 0) is 50.2 Å². The molecule has 78 valence electrons. The Bertz CT molecular complexity index is 139. The highest BCUT2D eigenvalue weighted by atomic mass is 14.9. The molecule has 0 heterocycles. The fourth-order valence-electron chi connectivity index (χ4n) is 1.53. The van der Waals surface area contributed by atoms with E-state index in [0.717, 1.165) is 19.0 Å². The van der Waals surface area contributed by atoms with Crippen molar-refractivity contribution in [3.05, 3.63) is 0 Å². The molecule has 0 bridgehead atoms. The van der Waals surface area contributed by atoms with E-state index in [9.17, 15) is 0 Å². The maximum atomic E-state index is 5.66. The molecule has 0 amide bonds. The van der Waals surface area contributed by atoms with Gasteiger partial charge in [0.25, 0.3) is 0 Å². The normalized spacial score (nSPS) is 18.7. The minimum Gasteiger partial charge on any atom is -0.330 e. The van der Waals surface area contributed by atoms with Crippen molar-refractivity contribution in [2.45, 2.75) is 39.5 Å². The Labute approximate surface area is 82.3 Å². The van der Waals surface area contributed by atoms with Gasteiger partial charge in [0.2, 0.25) is 0 Å². The Morgan fingerprint density at radius 3 is 2.54 bits per heavy atom. The second-order valence-electron chi connectivity index (χ2n) is 5.12. The smallest absolute Gasteiger partial charge is 0.00205 e. The predicted octanol–water partition coefficient (Wildman–Crippen LogP) is 1.75. The van der Waals surface area contributed by atoms with Crippen LogP contribution in [0.2, 0.25) is 0 Å². The van der Waals surface area contributed by atoms with E-state index < -0.39 is 0 Å². The molecule has 1 aliphatic rings. The van der Waals surface area contributed by atoms with Gasteiger partial charge < -0.3 is 11.1 Å². The van der Waals surface area contributed by atoms with Crippen LogP contribution in [0.3, 0.4) is 0 Å². The van der Waals surface area contributed by atoms with E-state index in [1.54, 1.807) is 0 Å². The van der Waals surface area contributed by atoms with Crippen molar-refractivity contribution < 1.29 is 0 Å². The molecule has 0 radical (unpaired) electrons. The number of rotatable bonds is 6. The lowest BCUT2D eigenvalue weighted by Crippen LogP contribution is -2.32. The molecule has 0 atom stereocenters. The molecule has 0 aromatic heterocycles. The molecule has 3 N–H and O–H groups in total. The summed E-state index contributed by atoms with van der Waals surface area (Å²) in [6, 6.07) is 0. The Morgan fingerprint density at radius 2 is 2.08 bits per heavy atom. The summed E-state index contributed by atoms with van der Waals surface area (Å²) in [5, 5.41) is 3.52. The Balaban J connectivity index is 1.93. The van der Waals surface area contributed by atoms with Gasteiger partial charge in [-0.3, -0.25) is 0 Å². The lowest BCUT2D eigenvalue weighted by Gasteiger charge is -2.27. The SMILES string of the molecule is CC(C)(CN)CCNCC1CCC1. The summed E-state index contributed by atoms with van der Waals surface area (Å²) in [6.45, 7) is 7.61. The quantitative estimate of drug-likeness (QED) is 0.617. The monoisotopic (exact) mass is 184 g/mol. The number of hydrogen-bond acceptors (Lipinski definition) is 2. The summed E-state index contributed by atoms with van der Waals surface area (Å²) in [5.41, 5.74) is 5.97. The van der Waals surface area contributed by atoms with Crippen LogP contribution in [0.4, 0.5) is 0 Å². The molecule has 1 aliphatic carbocycles. The van der Waals surface area contributed by atoms with Crippen LogP contribution < -0.4 is 11.1 Å². The highest BCUT2D eigenvalue weighted by Gasteiger charge is 2.18. The van der Waals surface area contributed by atoms with Crippen LogP contribution in [0.15, 0.2) is 0 Å². The van der Waals surface area contributed by atoms with Crippen molar-refractivity contribution in [2.75, 3.05) is 19.6 Å². The van der Waals surface area contributed by atoms with Gasteiger partial charge in [0.1, 0.15) is 0 Å². The molecule has 1 saturated carbocycles. The topological polar surface area (TPSA) is 38.0 Å². The van der Waals surface area contributed by atoms with Gasteiger partial charge in [0, 0.05) is 0 Å². The fourth-order valence-corrected chi connectivity index (χ4v) is 1.53. The lowest BCUT2D eigenvalue weighted by atomic mass is 9.85. The van der Waals surface area contributed by atoms with Crippen molar-refractivity contribution in [1.29, 1.82) is 0 Å². The van der Waals surface area contributed by atoms with Crippen LogP contribution in [0, 0.1) is 11.3 Å². The maximum absolute atomic E-state index is 5.66. The molecule has 0 unspecified atom stereocenters. The van der Waals surface area contributed by atoms with Crippen LogP contribution >= 0.6 is 0 Å². The Hall–Kier alpha value is -0.0800. The third-order valence-corrected chi connectivity index (χ3v) is 3.19. The molecule has 1 rings (SSSR count). The molecule has 0 aromatic rings. The minimum absolute atomic E-state index is 0.312. The third-order valence-electron chi connectivity index (χ3n) is 3.19. The van der Waals surface area contributed by atoms with E-state index in [2.05, 4.69) is 19.2 Å². The van der Waals surface area contributed by atoms with Crippen LogP contribution in [0.25, 0.3) is 0 Å². The summed E-state index contributed by atoms with van der Waals surface area (Å²) in [4.78, 5) is 0. The van der Waals surface area contributed by atoms with E-state index in [4.69, 9.17) is 5.73 Å². The van der Waals surface area contributed by atoms with Crippen LogP contribution in [-0.2, 0) is 0 Å². The molecule has 2 heteroatoms. The maximum Gasteiger partial charge on any atom is -0.00205 e. The molecular formula is C11H24N2. The zero-order chi connectivity index (χ0) is 9.73. The summed E-state index contributed by atoms with van der Waals surface area (Å²) < 4.78 is 0. The van der Waals surface area contributed by atoms with E-state index in [0.29, 0.717) is 5.41 Å². The molecule has 0 saturated heterocycles. The van der Waals surface area contributed by atoms with E-state index in [1.807, 2.05) is 0 Å². The molecule has 0 aliphatic heterocycles. The van der Waals surface area contributed by atoms with Crippen molar-refractivity contribution in [1.82, 2.24) is 5.32 Å². The first-order chi connectivity index (χ1) is 6.14. The highest BCUT2D eigenvalue weighted by Crippen LogP contribution is 2.25. The standard InChI is InChI=1S/C11H24N2/c1-11(2,9-12)6-7-13-8-10-4-3-5-10/h10,13H,3-9,12H2,1-2H3. The lowest BCUT2D eigenvalue weighted by molar-refractivity contribution is 0.285. The number of hydrogen-bond donors (Lipinski definition) is 2. The fraction of sp³-hybridized carbons (Fsp3) is 1.00. The van der Waals surface area contributed by atoms with Gasteiger partial charge in [0.05, 0.1) is 0 Å². The highest BCUT2D eigenvalue weighted by molar-refractivity contribution is 4.74. The molecular weight excluding hydrogens is 160 g/mol. The van der Waals surface area contributed by atoms with Gasteiger partial charge in [-0.2, -0.15) is 0 Å². The van der Waals surface area contributed by atoms with Gasteiger partial charge in [0.15, 0.2) is 0 Å². The van der Waals surface area contributed by atoms with Gasteiger partial charge in [-0.1, -0.05) is 20.3 Å². The summed E-state index contributed by atoms with van der Waals surface area (Å²) in [6.07, 6.45) is 5.51. The average Bonchev–Trinajstić information content (AvgIpc) is 2.01. The predicted molar refractivity (Wildman–Crippen MR) is 57.7 cm³/mol. The summed E-state index contributed by atoms with van der Waals surface area (Å²) in [7, 11) is 0. The van der Waals surface area contributed by atoms with Crippen molar-refractivity contribution in [3.8, 4) is 0 Å². The molecule has 1 fully saturated rings. The Kier molecular flexibility index (Phi) is 4.20. The zero-order valence-electron chi connectivity index (χ0n) is 9.10. The van der Waals surface area contributed by atoms with Crippen molar-refractivity contribution in [3.63, 3.8) is 0 Å². The van der Waals surface area contributed by atoms with E-state index >= 15 is 0 Å². The van der Waals surface area contributed by atoms with Gasteiger partial charge in [-0.25, -0.2) is 0 Å². The minimum atomic E-state index is 0.312. The van der Waals surface area contributed by atoms with Gasteiger partial charge in [-0.15, -0.1) is 0 Å². The van der Waals surface area contributed by atoms with Crippen LogP contribution in [0.1, 0.15) is 39.5 Å². The summed E-state index contributed by atoms with van der Waals surface area (Å²) >= 11 is 0. The van der Waals surface area contributed by atoms with E-state index in [-0.39, 0.29) is 0 Å². The number of nitrogens with one attached hydrogen (secondary N) is 1. The molecule has 13 heavy (non-hydrogen) atoms. The second kappa shape index (κ2) is 4.97. The Morgan fingerprint density at radius 1 is 1.38 bits per heavy atom. The largest absolute Gasteiger partial charge is 0.330 e. The molecule has 0 aromatic carbocycles. The first-order valence-corrected chi connectivity index (χ1v) is 5.55. The zero-order valence-corrected chi connectivity index (χ0v) is 9.10. The second-order valence-corrected chi connectivity index (χ2v) is 5.12. The van der Waals surface area contributed by atoms with Gasteiger partial charge >= 0.3 is 0 Å². The van der Waals surface area contributed by atoms with Crippen LogP contribution in [-0.4, -0.2) is 19.6 Å². The van der Waals surface area contributed by atoms with Crippen molar-refractivity contribution >= 4 is 0 Å². The van der Waals surface area contributed by atoms with Crippen LogP contribution in [0.5, 0.6) is 0 Å². The molecule has 0 spiro atoms. The summed E-state index contributed by atoms with van der Waals surface area (Å²) in [5.74, 6) is 0.973. The molecule has 2 nitrogen and oxygen atoms in total. The van der Waals surface area contributed by atoms with Crippen molar-refractivity contribution in [2.24, 2.45) is 17.1 Å². The van der Waals surface area contributed by atoms with E-state index in [1.165, 1.54) is 32.2 Å². The first-order valence-electron chi connectivity index (χ1n) is 5.55. The third kappa shape index (κ3) is 4.10. The number of nitrogens with two attached hydrogens (primary N) is 1.